The second-order valence-electron chi connectivity index (χ2n) is 9.79. The number of fused-ring (bicyclic) bond motifs is 1. The molecule has 2 atom stereocenters. The predicted octanol–water partition coefficient (Wildman–Crippen LogP) is 4.88. The fourth-order valence-corrected chi connectivity index (χ4v) is 5.23. The number of amides is 3. The molecule has 0 saturated heterocycles. The van der Waals surface area contributed by atoms with Crippen LogP contribution in [0.5, 0.6) is 0 Å². The second-order valence-corrected chi connectivity index (χ2v) is 9.79. The number of hydrogen-bond donors (Lipinski definition) is 3. The van der Waals surface area contributed by atoms with E-state index < -0.39 is 18.3 Å². The number of β-amino-alcohol motifs (C(OH)–C–C–N with tert-alkyl or cyclic N) is 1. The molecule has 7 heteroatoms. The van der Waals surface area contributed by atoms with Crippen LogP contribution in [0.15, 0.2) is 83.9 Å². The lowest BCUT2D eigenvalue weighted by Crippen LogP contribution is -2.51. The van der Waals surface area contributed by atoms with Crippen molar-refractivity contribution in [3.63, 3.8) is 0 Å². The van der Waals surface area contributed by atoms with Gasteiger partial charge in [0.25, 0.3) is 5.91 Å². The van der Waals surface area contributed by atoms with Crippen LogP contribution in [0.1, 0.15) is 42.4 Å². The van der Waals surface area contributed by atoms with Crippen molar-refractivity contribution in [2.45, 2.75) is 44.9 Å². The van der Waals surface area contributed by atoms with Gasteiger partial charge in [0, 0.05) is 16.8 Å². The molecule has 3 aromatic rings. The molecule has 2 aliphatic rings. The summed E-state index contributed by atoms with van der Waals surface area (Å²) in [5.41, 5.74) is 4.55. The Morgan fingerprint density at radius 3 is 2.51 bits per heavy atom. The van der Waals surface area contributed by atoms with Gasteiger partial charge in [-0.15, -0.1) is 0 Å². The van der Waals surface area contributed by atoms with Crippen molar-refractivity contribution in [1.82, 2.24) is 5.32 Å². The Morgan fingerprint density at radius 2 is 1.76 bits per heavy atom. The molecule has 1 aliphatic heterocycles. The van der Waals surface area contributed by atoms with Crippen LogP contribution in [-0.2, 0) is 4.79 Å². The van der Waals surface area contributed by atoms with E-state index >= 15 is 0 Å². The number of carbonyl (C=O) groups is 2. The van der Waals surface area contributed by atoms with E-state index in [0.29, 0.717) is 17.1 Å². The van der Waals surface area contributed by atoms with Gasteiger partial charge in [-0.05, 0) is 49.4 Å². The first kappa shape index (κ1) is 24.7. The first-order valence-electron chi connectivity index (χ1n) is 12.9. The van der Waals surface area contributed by atoms with Crippen molar-refractivity contribution in [3.8, 4) is 0 Å². The highest BCUT2D eigenvalue weighted by Gasteiger charge is 2.35. The molecule has 37 heavy (non-hydrogen) atoms. The zero-order chi connectivity index (χ0) is 25.8. The zero-order valence-corrected chi connectivity index (χ0v) is 20.9. The van der Waals surface area contributed by atoms with Gasteiger partial charge in [0.05, 0.1) is 24.0 Å². The number of benzene rings is 3. The summed E-state index contributed by atoms with van der Waals surface area (Å²) in [6.07, 6.45) is 2.28. The van der Waals surface area contributed by atoms with E-state index in [-0.39, 0.29) is 18.4 Å². The van der Waals surface area contributed by atoms with Crippen LogP contribution in [-0.4, -0.2) is 41.6 Å². The van der Waals surface area contributed by atoms with Gasteiger partial charge in [-0.25, -0.2) is 9.79 Å². The number of aliphatic hydroxyl groups excluding tert-OH is 1. The van der Waals surface area contributed by atoms with Crippen LogP contribution in [0.3, 0.4) is 0 Å². The van der Waals surface area contributed by atoms with Crippen molar-refractivity contribution < 1.29 is 14.7 Å². The summed E-state index contributed by atoms with van der Waals surface area (Å²) in [6.45, 7) is 2.09. The molecule has 1 saturated carbocycles. The maximum absolute atomic E-state index is 13.9. The standard InChI is InChI=1S/C30H32N4O3/c1-20-10-9-15-23(18-20)31-30(37)33-28-29(36)34(19-26(35)21-11-5-6-12-21)25-17-8-7-16-24(25)27(32-28)22-13-3-2-4-14-22/h2-4,7-10,13-18,21,26,28,35H,5-6,11-12,19H2,1H3,(H2,31,33,37)/t26-,28-/m0/s1. The summed E-state index contributed by atoms with van der Waals surface area (Å²) >= 11 is 0. The molecule has 1 aliphatic carbocycles. The number of aryl methyl sites for hydroxylation is 1. The van der Waals surface area contributed by atoms with Gasteiger partial charge in [0.1, 0.15) is 0 Å². The largest absolute Gasteiger partial charge is 0.391 e. The van der Waals surface area contributed by atoms with Crippen molar-refractivity contribution >= 4 is 29.0 Å². The van der Waals surface area contributed by atoms with E-state index in [4.69, 9.17) is 4.99 Å². The first-order valence-corrected chi connectivity index (χ1v) is 12.9. The van der Waals surface area contributed by atoms with Gasteiger partial charge in [0.15, 0.2) is 0 Å². The van der Waals surface area contributed by atoms with E-state index in [1.807, 2.05) is 79.7 Å². The van der Waals surface area contributed by atoms with Crippen molar-refractivity contribution in [1.29, 1.82) is 0 Å². The third-order valence-corrected chi connectivity index (χ3v) is 7.11. The quantitative estimate of drug-likeness (QED) is 0.454. The lowest BCUT2D eigenvalue weighted by molar-refractivity contribution is -0.120. The number of aliphatic imine (C=N–C) groups is 1. The topological polar surface area (TPSA) is 94.0 Å². The second kappa shape index (κ2) is 11.0. The molecule has 5 rings (SSSR count). The maximum Gasteiger partial charge on any atom is 0.321 e. The number of nitrogens with one attached hydrogen (secondary N) is 2. The van der Waals surface area contributed by atoms with E-state index in [1.54, 1.807) is 11.0 Å². The number of para-hydroxylation sites is 1. The number of nitrogens with zero attached hydrogens (tertiary/aromatic N) is 2. The summed E-state index contributed by atoms with van der Waals surface area (Å²) in [6, 6.07) is 24.1. The molecule has 0 unspecified atom stereocenters. The Bertz CT molecular complexity index is 1300. The fourth-order valence-electron chi connectivity index (χ4n) is 5.23. The molecule has 0 radical (unpaired) electrons. The predicted molar refractivity (Wildman–Crippen MR) is 146 cm³/mol. The lowest BCUT2D eigenvalue weighted by atomic mass is 9.98. The van der Waals surface area contributed by atoms with E-state index in [2.05, 4.69) is 10.6 Å². The van der Waals surface area contributed by atoms with Gasteiger partial charge in [-0.1, -0.05) is 73.5 Å². The Hall–Kier alpha value is -3.97. The molecule has 3 N–H and O–H groups in total. The molecule has 7 nitrogen and oxygen atoms in total. The number of carbonyl (C=O) groups excluding carboxylic acids is 2. The SMILES string of the molecule is Cc1cccc(NC(=O)N[C@@H]2N=C(c3ccccc3)c3ccccc3N(C[C@H](O)C3CCCC3)C2=O)c1. The molecule has 190 valence electrons. The summed E-state index contributed by atoms with van der Waals surface area (Å²) in [5, 5.41) is 16.7. The van der Waals surface area contributed by atoms with Gasteiger partial charge in [0.2, 0.25) is 6.17 Å². The highest BCUT2D eigenvalue weighted by molar-refractivity contribution is 6.20. The van der Waals surface area contributed by atoms with Crippen LogP contribution in [0, 0.1) is 12.8 Å². The van der Waals surface area contributed by atoms with Gasteiger partial charge >= 0.3 is 6.03 Å². The third-order valence-electron chi connectivity index (χ3n) is 7.11. The van der Waals surface area contributed by atoms with Gasteiger partial charge < -0.3 is 20.6 Å². The highest BCUT2D eigenvalue weighted by Crippen LogP contribution is 2.32. The molecule has 0 aromatic heterocycles. The zero-order valence-electron chi connectivity index (χ0n) is 20.9. The molecule has 0 spiro atoms. The third kappa shape index (κ3) is 5.57. The van der Waals surface area contributed by atoms with Gasteiger partial charge in [-0.2, -0.15) is 0 Å². The average Bonchev–Trinajstić information content (AvgIpc) is 3.42. The Balaban J connectivity index is 1.51. The van der Waals surface area contributed by atoms with Crippen LogP contribution >= 0.6 is 0 Å². The minimum Gasteiger partial charge on any atom is -0.391 e. The van der Waals surface area contributed by atoms with Gasteiger partial charge in [-0.3, -0.25) is 4.79 Å². The molecule has 3 amide bonds. The monoisotopic (exact) mass is 496 g/mol. The fraction of sp³-hybridized carbons (Fsp3) is 0.300. The first-order chi connectivity index (χ1) is 18.0. The van der Waals surface area contributed by atoms with Crippen LogP contribution in [0.2, 0.25) is 0 Å². The number of anilines is 2. The minimum absolute atomic E-state index is 0.149. The smallest absolute Gasteiger partial charge is 0.321 e. The highest BCUT2D eigenvalue weighted by atomic mass is 16.3. The van der Waals surface area contributed by atoms with Crippen molar-refractivity contribution in [2.75, 3.05) is 16.8 Å². The van der Waals surface area contributed by atoms with Crippen molar-refractivity contribution in [2.24, 2.45) is 10.9 Å². The minimum atomic E-state index is -1.16. The number of aliphatic hydroxyl groups is 1. The Kier molecular flexibility index (Phi) is 7.32. The Labute approximate surface area is 217 Å². The lowest BCUT2D eigenvalue weighted by Gasteiger charge is -2.29. The average molecular weight is 497 g/mol. The summed E-state index contributed by atoms with van der Waals surface area (Å²) in [4.78, 5) is 33.3. The van der Waals surface area contributed by atoms with Crippen molar-refractivity contribution in [3.05, 3.63) is 95.6 Å². The molecule has 1 fully saturated rings. The molecule has 0 bridgehead atoms. The number of hydrogen-bond acceptors (Lipinski definition) is 4. The summed E-state index contributed by atoms with van der Waals surface area (Å²) in [7, 11) is 0. The molecule has 3 aromatic carbocycles. The molecule has 1 heterocycles. The van der Waals surface area contributed by atoms with E-state index in [0.717, 1.165) is 42.4 Å². The Morgan fingerprint density at radius 1 is 1.03 bits per heavy atom. The number of rotatable bonds is 6. The molecular formula is C30H32N4O3. The summed E-state index contributed by atoms with van der Waals surface area (Å²) < 4.78 is 0. The van der Waals surface area contributed by atoms with Crippen LogP contribution in [0.4, 0.5) is 16.2 Å². The van der Waals surface area contributed by atoms with E-state index in [1.165, 1.54) is 0 Å². The molecular weight excluding hydrogens is 464 g/mol. The number of urea groups is 1. The normalized spacial score (nSPS) is 18.5. The number of benzodiazepines with no additional fused rings is 1. The summed E-state index contributed by atoms with van der Waals surface area (Å²) in [5.74, 6) is -0.219. The van der Waals surface area contributed by atoms with E-state index in [9.17, 15) is 14.7 Å². The maximum atomic E-state index is 13.9. The van der Waals surface area contributed by atoms with Crippen LogP contribution in [0.25, 0.3) is 0 Å². The van der Waals surface area contributed by atoms with Crippen LogP contribution < -0.4 is 15.5 Å².